The van der Waals surface area contributed by atoms with E-state index in [0.717, 1.165) is 0 Å². The Hall–Kier alpha value is -1.03. The van der Waals surface area contributed by atoms with Gasteiger partial charge in [-0.25, -0.2) is 0 Å². The first kappa shape index (κ1) is 10.5. The molecule has 1 aromatic rings. The van der Waals surface area contributed by atoms with Gasteiger partial charge in [0.25, 0.3) is 0 Å². The van der Waals surface area contributed by atoms with Gasteiger partial charge < -0.3 is 5.32 Å². The van der Waals surface area contributed by atoms with Gasteiger partial charge in [0, 0.05) is 9.75 Å². The number of aryl methyl sites for hydroxylation is 2. The summed E-state index contributed by atoms with van der Waals surface area (Å²) in [6.07, 6.45) is 3.79. The highest BCUT2D eigenvalue weighted by molar-refractivity contribution is 7.12. The SMILES string of the molecule is C[B]C1=CNC=NC1c1cc(C)sc1C. The van der Waals surface area contributed by atoms with Crippen molar-refractivity contribution < 1.29 is 0 Å². The molecule has 0 spiro atoms. The third kappa shape index (κ3) is 2.00. The van der Waals surface area contributed by atoms with Crippen molar-refractivity contribution in [3.63, 3.8) is 0 Å². The molecule has 1 aliphatic rings. The van der Waals surface area contributed by atoms with Crippen molar-refractivity contribution in [2.24, 2.45) is 4.99 Å². The van der Waals surface area contributed by atoms with E-state index in [1.165, 1.54) is 20.8 Å². The van der Waals surface area contributed by atoms with Crippen LogP contribution in [-0.4, -0.2) is 13.6 Å². The van der Waals surface area contributed by atoms with Crippen LogP contribution in [0.3, 0.4) is 0 Å². The molecular weight excluding hydrogens is 203 g/mol. The van der Waals surface area contributed by atoms with Crippen LogP contribution in [0.25, 0.3) is 0 Å². The summed E-state index contributed by atoms with van der Waals surface area (Å²) in [4.78, 5) is 7.22. The van der Waals surface area contributed by atoms with Crippen LogP contribution in [0, 0.1) is 13.8 Å². The molecule has 1 radical (unpaired) electrons. The van der Waals surface area contributed by atoms with E-state index in [1.54, 1.807) is 6.34 Å². The van der Waals surface area contributed by atoms with Gasteiger partial charge in [-0.15, -0.1) is 11.3 Å². The monoisotopic (exact) mass is 217 g/mol. The van der Waals surface area contributed by atoms with Gasteiger partial charge >= 0.3 is 0 Å². The van der Waals surface area contributed by atoms with Gasteiger partial charge in [-0.1, -0.05) is 12.3 Å². The Morgan fingerprint density at radius 1 is 1.47 bits per heavy atom. The van der Waals surface area contributed by atoms with E-state index in [9.17, 15) is 0 Å². The summed E-state index contributed by atoms with van der Waals surface area (Å²) < 4.78 is 0. The lowest BCUT2D eigenvalue weighted by Crippen LogP contribution is -2.17. The molecule has 0 saturated carbocycles. The molecule has 4 heteroatoms. The standard InChI is InChI=1S/C11H14BN2S/c1-7-4-9(8(2)15-7)11-10(12-3)5-13-6-14-11/h4-6,11H,1-3H3,(H,13,14). The molecule has 15 heavy (non-hydrogen) atoms. The Kier molecular flexibility index (Phi) is 2.96. The average molecular weight is 217 g/mol. The van der Waals surface area contributed by atoms with Crippen LogP contribution >= 0.6 is 11.3 Å². The minimum atomic E-state index is 0.182. The zero-order valence-corrected chi connectivity index (χ0v) is 10.1. The lowest BCUT2D eigenvalue weighted by atomic mass is 9.68. The van der Waals surface area contributed by atoms with Crippen molar-refractivity contribution in [1.29, 1.82) is 0 Å². The van der Waals surface area contributed by atoms with Gasteiger partial charge in [0.1, 0.15) is 7.28 Å². The van der Waals surface area contributed by atoms with Crippen molar-refractivity contribution in [2.75, 3.05) is 0 Å². The molecule has 2 nitrogen and oxygen atoms in total. The number of hydrogen-bond acceptors (Lipinski definition) is 3. The number of hydrogen-bond donors (Lipinski definition) is 1. The van der Waals surface area contributed by atoms with Gasteiger partial charge in [-0.2, -0.15) is 0 Å². The molecule has 0 aromatic carbocycles. The molecule has 0 saturated heterocycles. The van der Waals surface area contributed by atoms with E-state index in [1.807, 2.05) is 17.5 Å². The predicted octanol–water partition coefficient (Wildman–Crippen LogP) is 2.63. The van der Waals surface area contributed by atoms with Gasteiger partial charge in [-0.05, 0) is 31.7 Å². The lowest BCUT2D eigenvalue weighted by molar-refractivity contribution is 0.860. The van der Waals surface area contributed by atoms with Crippen molar-refractivity contribution in [1.82, 2.24) is 5.32 Å². The van der Waals surface area contributed by atoms with Crippen LogP contribution in [-0.2, 0) is 0 Å². The van der Waals surface area contributed by atoms with Gasteiger partial charge in [0.2, 0.25) is 0 Å². The van der Waals surface area contributed by atoms with E-state index in [2.05, 4.69) is 44.3 Å². The van der Waals surface area contributed by atoms with E-state index >= 15 is 0 Å². The molecular formula is C11H14BN2S. The van der Waals surface area contributed by atoms with Crippen LogP contribution < -0.4 is 5.32 Å². The van der Waals surface area contributed by atoms with Crippen molar-refractivity contribution in [2.45, 2.75) is 26.7 Å². The van der Waals surface area contributed by atoms with Gasteiger partial charge in [-0.3, -0.25) is 4.99 Å². The Bertz CT molecular complexity index is 420. The molecule has 0 fully saturated rings. The summed E-state index contributed by atoms with van der Waals surface area (Å²) in [5.41, 5.74) is 2.57. The zero-order valence-electron chi connectivity index (χ0n) is 9.24. The molecule has 1 N–H and O–H groups in total. The molecule has 0 bridgehead atoms. The Balaban J connectivity index is 2.37. The predicted molar refractivity (Wildman–Crippen MR) is 67.9 cm³/mol. The zero-order chi connectivity index (χ0) is 10.8. The minimum Gasteiger partial charge on any atom is -0.354 e. The van der Waals surface area contributed by atoms with E-state index in [0.29, 0.717) is 0 Å². The van der Waals surface area contributed by atoms with Gasteiger partial charge in [0.15, 0.2) is 0 Å². The number of rotatable bonds is 2. The summed E-state index contributed by atoms with van der Waals surface area (Å²) in [5, 5.41) is 3.03. The average Bonchev–Trinajstić information content (AvgIpc) is 2.57. The molecule has 0 amide bonds. The number of aliphatic imine (C=N–C) groups is 1. The summed E-state index contributed by atoms with van der Waals surface area (Å²) >= 11 is 1.84. The second kappa shape index (κ2) is 4.23. The van der Waals surface area contributed by atoms with Crippen LogP contribution in [0.15, 0.2) is 22.7 Å². The highest BCUT2D eigenvalue weighted by Gasteiger charge is 2.19. The summed E-state index contributed by atoms with van der Waals surface area (Å²) in [6, 6.07) is 2.42. The Morgan fingerprint density at radius 2 is 2.27 bits per heavy atom. The topological polar surface area (TPSA) is 24.4 Å². The number of nitrogens with one attached hydrogen (secondary N) is 1. The maximum atomic E-state index is 4.50. The van der Waals surface area contributed by atoms with Crippen molar-refractivity contribution in [3.05, 3.63) is 33.1 Å². The normalized spacial score (nSPS) is 19.7. The van der Waals surface area contributed by atoms with Crippen molar-refractivity contribution >= 4 is 25.0 Å². The molecule has 1 atom stereocenters. The molecule has 2 rings (SSSR count). The van der Waals surface area contributed by atoms with Gasteiger partial charge in [0.05, 0.1) is 12.4 Å². The summed E-state index contributed by atoms with van der Waals surface area (Å²) in [7, 11) is 2.11. The van der Waals surface area contributed by atoms with Crippen molar-refractivity contribution in [3.8, 4) is 0 Å². The molecule has 1 aromatic heterocycles. The van der Waals surface area contributed by atoms with E-state index in [4.69, 9.17) is 0 Å². The number of nitrogens with zero attached hydrogens (tertiary/aromatic N) is 1. The summed E-state index contributed by atoms with van der Waals surface area (Å²) in [5.74, 6) is 0. The minimum absolute atomic E-state index is 0.182. The molecule has 2 heterocycles. The third-order valence-electron chi connectivity index (χ3n) is 2.57. The fourth-order valence-corrected chi connectivity index (χ4v) is 2.80. The van der Waals surface area contributed by atoms with Crippen LogP contribution in [0.4, 0.5) is 0 Å². The fraction of sp³-hybridized carbons (Fsp3) is 0.364. The Morgan fingerprint density at radius 3 is 2.87 bits per heavy atom. The maximum absolute atomic E-state index is 4.50. The third-order valence-corrected chi connectivity index (χ3v) is 3.55. The Labute approximate surface area is 95.4 Å². The largest absolute Gasteiger partial charge is 0.354 e. The molecule has 1 unspecified atom stereocenters. The first-order valence-electron chi connectivity index (χ1n) is 5.06. The van der Waals surface area contributed by atoms with E-state index in [-0.39, 0.29) is 6.04 Å². The number of thiophene rings is 1. The second-order valence-corrected chi connectivity index (χ2v) is 5.11. The fourth-order valence-electron chi connectivity index (χ4n) is 1.84. The highest BCUT2D eigenvalue weighted by atomic mass is 32.1. The maximum Gasteiger partial charge on any atom is 0.147 e. The first-order valence-corrected chi connectivity index (χ1v) is 5.88. The second-order valence-electron chi connectivity index (χ2n) is 3.65. The smallest absolute Gasteiger partial charge is 0.147 e. The first-order chi connectivity index (χ1) is 7.22. The summed E-state index contributed by atoms with van der Waals surface area (Å²) in [6.45, 7) is 6.36. The molecule has 1 aliphatic heterocycles. The lowest BCUT2D eigenvalue weighted by Gasteiger charge is -2.18. The molecule has 77 valence electrons. The van der Waals surface area contributed by atoms with E-state index < -0.39 is 0 Å². The molecule has 0 aliphatic carbocycles. The van der Waals surface area contributed by atoms with Crippen LogP contribution in [0.5, 0.6) is 0 Å². The highest BCUT2D eigenvalue weighted by Crippen LogP contribution is 2.33. The van der Waals surface area contributed by atoms with Crippen LogP contribution in [0.2, 0.25) is 6.82 Å². The quantitative estimate of drug-likeness (QED) is 0.756. The van der Waals surface area contributed by atoms with Crippen LogP contribution in [0.1, 0.15) is 21.4 Å².